The first-order valence-corrected chi connectivity index (χ1v) is 8.67. The number of ether oxygens (including phenoxy) is 1. The molecule has 1 aliphatic rings. The second-order valence-electron chi connectivity index (χ2n) is 6.48. The highest BCUT2D eigenvalue weighted by atomic mass is 19.1. The molecule has 4 nitrogen and oxygen atoms in total. The van der Waals surface area contributed by atoms with Crippen LogP contribution in [0, 0.1) is 12.7 Å². The van der Waals surface area contributed by atoms with E-state index in [2.05, 4.69) is 5.32 Å². The first-order chi connectivity index (χ1) is 12.1. The lowest BCUT2D eigenvalue weighted by atomic mass is 10.0. The molecule has 2 N–H and O–H groups in total. The predicted molar refractivity (Wildman–Crippen MR) is 94.2 cm³/mol. The second kappa shape index (κ2) is 8.23. The van der Waals surface area contributed by atoms with Crippen LogP contribution in [-0.2, 0) is 4.74 Å². The third-order valence-corrected chi connectivity index (χ3v) is 4.60. The molecule has 1 saturated heterocycles. The van der Waals surface area contributed by atoms with Crippen molar-refractivity contribution in [3.05, 3.63) is 71.0 Å². The fourth-order valence-electron chi connectivity index (χ4n) is 3.09. The molecule has 0 radical (unpaired) electrons. The highest BCUT2D eigenvalue weighted by molar-refractivity contribution is 5.94. The van der Waals surface area contributed by atoms with Crippen LogP contribution in [0.2, 0.25) is 0 Å². The van der Waals surface area contributed by atoms with E-state index in [-0.39, 0.29) is 17.5 Å². The third-order valence-electron chi connectivity index (χ3n) is 4.60. The van der Waals surface area contributed by atoms with E-state index in [0.717, 1.165) is 38.4 Å². The van der Waals surface area contributed by atoms with Gasteiger partial charge >= 0.3 is 0 Å². The predicted octanol–water partition coefficient (Wildman–Crippen LogP) is 1.52. The summed E-state index contributed by atoms with van der Waals surface area (Å²) in [4.78, 5) is 14.0. The van der Waals surface area contributed by atoms with Crippen LogP contribution in [0.4, 0.5) is 4.39 Å². The van der Waals surface area contributed by atoms with E-state index in [1.807, 2.05) is 31.2 Å². The van der Waals surface area contributed by atoms with Crippen molar-refractivity contribution < 1.29 is 18.8 Å². The Morgan fingerprint density at radius 2 is 1.84 bits per heavy atom. The van der Waals surface area contributed by atoms with E-state index in [1.54, 1.807) is 12.1 Å². The molecule has 0 aromatic heterocycles. The van der Waals surface area contributed by atoms with E-state index in [1.165, 1.54) is 22.6 Å². The monoisotopic (exact) mass is 343 g/mol. The number of benzene rings is 2. The number of nitrogens with one attached hydrogen (secondary N) is 2. The van der Waals surface area contributed by atoms with Gasteiger partial charge in [0.1, 0.15) is 31.5 Å². The molecule has 1 atom stereocenters. The molecule has 0 bridgehead atoms. The number of hydrogen-bond acceptors (Lipinski definition) is 2. The van der Waals surface area contributed by atoms with Gasteiger partial charge in [0, 0.05) is 0 Å². The van der Waals surface area contributed by atoms with Gasteiger partial charge in [0.2, 0.25) is 0 Å². The summed E-state index contributed by atoms with van der Waals surface area (Å²) in [6.07, 6.45) is 0. The van der Waals surface area contributed by atoms with Crippen LogP contribution < -0.4 is 10.2 Å². The number of aryl methyl sites for hydroxylation is 1. The van der Waals surface area contributed by atoms with Gasteiger partial charge in [-0.25, -0.2) is 4.39 Å². The maximum Gasteiger partial charge on any atom is 0.254 e. The van der Waals surface area contributed by atoms with Gasteiger partial charge in [-0.05, 0) is 24.6 Å². The van der Waals surface area contributed by atoms with Gasteiger partial charge in [0.15, 0.2) is 0 Å². The van der Waals surface area contributed by atoms with Crippen molar-refractivity contribution in [1.82, 2.24) is 5.32 Å². The molecule has 0 unspecified atom stereocenters. The summed E-state index contributed by atoms with van der Waals surface area (Å²) in [5.74, 6) is -0.877. The van der Waals surface area contributed by atoms with Crippen molar-refractivity contribution in [2.45, 2.75) is 13.0 Å². The Morgan fingerprint density at radius 1 is 1.16 bits per heavy atom. The zero-order valence-electron chi connectivity index (χ0n) is 14.4. The molecule has 0 spiro atoms. The quantitative estimate of drug-likeness (QED) is 0.864. The molecule has 3 rings (SSSR count). The fourth-order valence-corrected chi connectivity index (χ4v) is 3.09. The Bertz CT molecular complexity index is 712. The number of hydrogen-bond donors (Lipinski definition) is 2. The Morgan fingerprint density at radius 3 is 2.52 bits per heavy atom. The molecule has 132 valence electrons. The average molecular weight is 343 g/mol. The Hall–Kier alpha value is -2.24. The molecule has 25 heavy (non-hydrogen) atoms. The van der Waals surface area contributed by atoms with E-state index in [9.17, 15) is 9.18 Å². The number of carbonyl (C=O) groups excluding carboxylic acids is 1. The van der Waals surface area contributed by atoms with Crippen LogP contribution in [0.5, 0.6) is 0 Å². The van der Waals surface area contributed by atoms with Gasteiger partial charge in [-0.1, -0.05) is 42.0 Å². The molecule has 2 aromatic rings. The Labute approximate surface area is 147 Å². The smallest absolute Gasteiger partial charge is 0.254 e. The normalized spacial score (nSPS) is 16.4. The van der Waals surface area contributed by atoms with Crippen molar-refractivity contribution in [2.24, 2.45) is 0 Å². The molecule has 2 aromatic carbocycles. The number of quaternary nitrogens is 1. The summed E-state index contributed by atoms with van der Waals surface area (Å²) in [5, 5.41) is 3.02. The molecular weight excluding hydrogens is 319 g/mol. The molecule has 0 saturated carbocycles. The Balaban J connectivity index is 1.78. The van der Waals surface area contributed by atoms with Gasteiger partial charge in [0.25, 0.3) is 5.91 Å². The minimum absolute atomic E-state index is 0.0802. The number of carbonyl (C=O) groups is 1. The molecule has 1 fully saturated rings. The number of morpholine rings is 1. The topological polar surface area (TPSA) is 42.8 Å². The van der Waals surface area contributed by atoms with Crippen LogP contribution in [-0.4, -0.2) is 38.8 Å². The van der Waals surface area contributed by atoms with Crippen LogP contribution in [0.25, 0.3) is 0 Å². The first-order valence-electron chi connectivity index (χ1n) is 8.67. The second-order valence-corrected chi connectivity index (χ2v) is 6.48. The van der Waals surface area contributed by atoms with Crippen molar-refractivity contribution >= 4 is 5.91 Å². The molecular formula is C20H24FN2O2+. The van der Waals surface area contributed by atoms with Gasteiger partial charge in [0.05, 0.1) is 18.8 Å². The fraction of sp³-hybridized carbons (Fsp3) is 0.350. The van der Waals surface area contributed by atoms with Gasteiger partial charge in [-0.15, -0.1) is 0 Å². The van der Waals surface area contributed by atoms with Crippen LogP contribution in [0.3, 0.4) is 0 Å². The molecule has 0 aliphatic carbocycles. The van der Waals surface area contributed by atoms with E-state index >= 15 is 0 Å². The maximum atomic E-state index is 13.9. The summed E-state index contributed by atoms with van der Waals surface area (Å²) in [5.41, 5.74) is 2.28. The van der Waals surface area contributed by atoms with Crippen LogP contribution >= 0.6 is 0 Å². The molecule has 1 aliphatic heterocycles. The summed E-state index contributed by atoms with van der Waals surface area (Å²) >= 11 is 0. The minimum atomic E-state index is -0.499. The van der Waals surface area contributed by atoms with Crippen LogP contribution in [0.1, 0.15) is 27.5 Å². The summed E-state index contributed by atoms with van der Waals surface area (Å²) in [6, 6.07) is 14.0. The zero-order chi connectivity index (χ0) is 17.6. The van der Waals surface area contributed by atoms with Crippen molar-refractivity contribution in [3.63, 3.8) is 0 Å². The Kier molecular flexibility index (Phi) is 5.79. The number of rotatable bonds is 5. The molecule has 5 heteroatoms. The van der Waals surface area contributed by atoms with Gasteiger partial charge in [-0.3, -0.25) is 4.79 Å². The minimum Gasteiger partial charge on any atom is -0.370 e. The van der Waals surface area contributed by atoms with Crippen molar-refractivity contribution in [3.8, 4) is 0 Å². The van der Waals surface area contributed by atoms with Crippen LogP contribution in [0.15, 0.2) is 48.5 Å². The SMILES string of the molecule is Cc1ccc([C@H](C[NH+]2CCOCC2)NC(=O)c2ccccc2F)cc1. The van der Waals surface area contributed by atoms with E-state index in [4.69, 9.17) is 4.74 Å². The lowest BCUT2D eigenvalue weighted by Crippen LogP contribution is -3.14. The first kappa shape index (κ1) is 17.6. The lowest BCUT2D eigenvalue weighted by Gasteiger charge is -2.28. The zero-order valence-corrected chi connectivity index (χ0v) is 14.4. The molecule has 1 heterocycles. The van der Waals surface area contributed by atoms with Gasteiger partial charge in [-0.2, -0.15) is 0 Å². The molecule has 1 amide bonds. The van der Waals surface area contributed by atoms with Crippen molar-refractivity contribution in [1.29, 1.82) is 0 Å². The third kappa shape index (κ3) is 4.65. The highest BCUT2D eigenvalue weighted by Gasteiger charge is 2.24. The van der Waals surface area contributed by atoms with Gasteiger partial charge < -0.3 is 15.0 Å². The summed E-state index contributed by atoms with van der Waals surface area (Å²) in [7, 11) is 0. The van der Waals surface area contributed by atoms with Crippen molar-refractivity contribution in [2.75, 3.05) is 32.8 Å². The van der Waals surface area contributed by atoms with E-state index < -0.39 is 5.82 Å². The largest absolute Gasteiger partial charge is 0.370 e. The summed E-state index contributed by atoms with van der Waals surface area (Å²) < 4.78 is 19.3. The summed E-state index contributed by atoms with van der Waals surface area (Å²) in [6.45, 7) is 6.08. The van der Waals surface area contributed by atoms with E-state index in [0.29, 0.717) is 0 Å². The maximum absolute atomic E-state index is 13.9. The lowest BCUT2D eigenvalue weighted by molar-refractivity contribution is -0.909. The number of amides is 1. The number of halogens is 1. The highest BCUT2D eigenvalue weighted by Crippen LogP contribution is 2.15. The standard InChI is InChI=1S/C20H23FN2O2/c1-15-6-8-16(9-7-15)19(14-23-10-12-25-13-11-23)22-20(24)17-4-2-3-5-18(17)21/h2-9,19H,10-14H2,1H3,(H,22,24)/p+1/t19-/m0/s1. The average Bonchev–Trinajstić information content (AvgIpc) is 2.63.